The number of rotatable bonds is 2. The van der Waals surface area contributed by atoms with Crippen LogP contribution in [0.3, 0.4) is 0 Å². The van der Waals surface area contributed by atoms with E-state index in [9.17, 15) is 19.5 Å². The van der Waals surface area contributed by atoms with E-state index in [4.69, 9.17) is 23.2 Å². The largest absolute Gasteiger partial charge is 0.478 e. The molecule has 2 amide bonds. The minimum absolute atomic E-state index is 0.0197. The molecule has 0 spiro atoms. The van der Waals surface area contributed by atoms with E-state index in [1.54, 1.807) is 6.07 Å². The molecule has 4 aliphatic rings. The quantitative estimate of drug-likeness (QED) is 0.448. The molecule has 0 unspecified atom stereocenters. The Morgan fingerprint density at radius 3 is 1.59 bits per heavy atom. The van der Waals surface area contributed by atoms with E-state index >= 15 is 0 Å². The molecule has 1 saturated heterocycles. The lowest BCUT2D eigenvalue weighted by Crippen LogP contribution is -2.57. The van der Waals surface area contributed by atoms with Crippen LogP contribution in [0.25, 0.3) is 0 Å². The van der Waals surface area contributed by atoms with Crippen molar-refractivity contribution in [1.82, 2.24) is 0 Å². The first-order valence-corrected chi connectivity index (χ1v) is 10.9. The Bertz CT molecular complexity index is 1250. The molecule has 158 valence electrons. The number of carbonyl (C=O) groups is 3. The third-order valence-electron chi connectivity index (χ3n) is 6.94. The van der Waals surface area contributed by atoms with Crippen molar-refractivity contribution in [2.75, 3.05) is 4.90 Å². The van der Waals surface area contributed by atoms with Crippen LogP contribution in [0.1, 0.15) is 32.6 Å². The third-order valence-corrected chi connectivity index (χ3v) is 8.22. The molecule has 2 bridgehead atoms. The number of aromatic carboxylic acids is 1. The molecule has 1 heterocycles. The van der Waals surface area contributed by atoms with Crippen LogP contribution >= 0.6 is 23.2 Å². The van der Waals surface area contributed by atoms with Crippen LogP contribution in [-0.2, 0) is 19.3 Å². The van der Waals surface area contributed by atoms with Gasteiger partial charge in [0.15, 0.2) is 0 Å². The number of anilines is 1. The van der Waals surface area contributed by atoms with Crippen LogP contribution in [0.2, 0.25) is 0 Å². The van der Waals surface area contributed by atoms with E-state index < -0.39 is 39.4 Å². The highest BCUT2D eigenvalue weighted by Crippen LogP contribution is 2.69. The van der Waals surface area contributed by atoms with Gasteiger partial charge in [-0.2, -0.15) is 0 Å². The molecule has 5 nitrogen and oxygen atoms in total. The number of carbonyl (C=O) groups excluding carboxylic acids is 2. The highest BCUT2D eigenvalue weighted by molar-refractivity contribution is 6.38. The number of hydrogen-bond donors (Lipinski definition) is 1. The monoisotopic (exact) mass is 463 g/mol. The molecule has 1 aliphatic heterocycles. The molecule has 7 heteroatoms. The van der Waals surface area contributed by atoms with Crippen LogP contribution in [0.15, 0.2) is 72.8 Å². The molecule has 3 aromatic rings. The molecule has 0 aromatic heterocycles. The summed E-state index contributed by atoms with van der Waals surface area (Å²) in [4.78, 5) is 37.6. The number of hydrogen-bond acceptors (Lipinski definition) is 3. The van der Waals surface area contributed by atoms with E-state index in [-0.39, 0.29) is 11.3 Å². The van der Waals surface area contributed by atoms with Crippen molar-refractivity contribution < 1.29 is 19.5 Å². The van der Waals surface area contributed by atoms with Gasteiger partial charge in [0.05, 0.1) is 23.1 Å². The minimum atomic E-state index is -1.26. The fourth-order valence-electron chi connectivity index (χ4n) is 5.70. The third kappa shape index (κ3) is 2.08. The van der Waals surface area contributed by atoms with Gasteiger partial charge in [0.1, 0.15) is 9.75 Å². The number of carboxylic acids is 1. The predicted molar refractivity (Wildman–Crippen MR) is 119 cm³/mol. The number of nitrogens with zero attached hydrogens (tertiary/aromatic N) is 1. The molecule has 3 aliphatic carbocycles. The van der Waals surface area contributed by atoms with E-state index in [1.165, 1.54) is 18.2 Å². The van der Waals surface area contributed by atoms with Crippen LogP contribution in [0, 0.1) is 11.8 Å². The average molecular weight is 464 g/mol. The summed E-state index contributed by atoms with van der Waals surface area (Å²) in [7, 11) is 0. The summed E-state index contributed by atoms with van der Waals surface area (Å²) in [5.41, 5.74) is 3.06. The standard InChI is InChI=1S/C25H15Cl2NO4/c26-24-15-8-1-2-9-16(15)25(27,18-11-4-3-10-17(18)24)20-19(24)21(29)28(22(20)30)14-7-5-6-13(12-14)23(31)32/h1-12,19-20H,(H,31,32)/t19-,20-,24?,25?/m0/s1. The van der Waals surface area contributed by atoms with Gasteiger partial charge in [-0.3, -0.25) is 9.59 Å². The molecule has 3 aromatic carbocycles. The predicted octanol–water partition coefficient (Wildman–Crippen LogP) is 4.48. The van der Waals surface area contributed by atoms with Gasteiger partial charge in [0.25, 0.3) is 0 Å². The molecule has 2 atom stereocenters. The second-order valence-electron chi connectivity index (χ2n) is 8.34. The fraction of sp³-hybridized carbons (Fsp3) is 0.160. The van der Waals surface area contributed by atoms with Crippen molar-refractivity contribution in [2.24, 2.45) is 11.8 Å². The van der Waals surface area contributed by atoms with Crippen molar-refractivity contribution in [3.05, 3.63) is 101 Å². The van der Waals surface area contributed by atoms with Crippen molar-refractivity contribution in [3.63, 3.8) is 0 Å². The van der Waals surface area contributed by atoms with Gasteiger partial charge in [0.2, 0.25) is 11.8 Å². The Kier molecular flexibility index (Phi) is 3.79. The molecule has 0 saturated carbocycles. The topological polar surface area (TPSA) is 74.7 Å². The fourth-order valence-corrected chi connectivity index (χ4v) is 6.80. The van der Waals surface area contributed by atoms with Gasteiger partial charge >= 0.3 is 5.97 Å². The second-order valence-corrected chi connectivity index (χ2v) is 9.53. The lowest BCUT2D eigenvalue weighted by Gasteiger charge is -2.54. The first kappa shape index (κ1) is 19.5. The SMILES string of the molecule is O=C(O)c1cccc(N2C(=O)[C@@H]3[C@@H](C2=O)C2(Cl)c4ccccc4C3(Cl)c3ccccc32)c1. The lowest BCUT2D eigenvalue weighted by atomic mass is 9.54. The summed E-state index contributed by atoms with van der Waals surface area (Å²) in [5.74, 6) is -3.95. The molecule has 1 N–H and O–H groups in total. The number of carboxylic acid groups (broad SMARTS) is 1. The van der Waals surface area contributed by atoms with E-state index in [1.807, 2.05) is 48.5 Å². The van der Waals surface area contributed by atoms with E-state index in [0.29, 0.717) is 0 Å². The Balaban J connectivity index is 1.63. The van der Waals surface area contributed by atoms with Gasteiger partial charge < -0.3 is 5.11 Å². The highest BCUT2D eigenvalue weighted by atomic mass is 35.5. The summed E-state index contributed by atoms with van der Waals surface area (Å²) < 4.78 is 0. The molecular formula is C25H15Cl2NO4. The van der Waals surface area contributed by atoms with Crippen LogP contribution in [-0.4, -0.2) is 22.9 Å². The maximum absolute atomic E-state index is 13.8. The first-order chi connectivity index (χ1) is 15.3. The molecular weight excluding hydrogens is 449 g/mol. The second kappa shape index (κ2) is 6.21. The number of benzene rings is 3. The summed E-state index contributed by atoms with van der Waals surface area (Å²) in [5, 5.41) is 9.37. The summed E-state index contributed by atoms with van der Waals surface area (Å²) in [6.07, 6.45) is 0. The van der Waals surface area contributed by atoms with Gasteiger partial charge in [-0.15, -0.1) is 23.2 Å². The van der Waals surface area contributed by atoms with Crippen molar-refractivity contribution in [2.45, 2.75) is 9.75 Å². The number of halogens is 2. The summed E-state index contributed by atoms with van der Waals surface area (Å²) in [6, 6.07) is 20.6. The van der Waals surface area contributed by atoms with Crippen LogP contribution in [0.4, 0.5) is 5.69 Å². The van der Waals surface area contributed by atoms with Crippen LogP contribution < -0.4 is 4.90 Å². The van der Waals surface area contributed by atoms with Crippen LogP contribution in [0.5, 0.6) is 0 Å². The molecule has 7 rings (SSSR count). The van der Waals surface area contributed by atoms with E-state index in [0.717, 1.165) is 27.2 Å². The van der Waals surface area contributed by atoms with E-state index in [2.05, 4.69) is 0 Å². The molecule has 32 heavy (non-hydrogen) atoms. The zero-order valence-corrected chi connectivity index (χ0v) is 18.0. The van der Waals surface area contributed by atoms with Crippen molar-refractivity contribution >= 4 is 46.7 Å². The molecule has 0 radical (unpaired) electrons. The Morgan fingerprint density at radius 1 is 0.750 bits per heavy atom. The summed E-state index contributed by atoms with van der Waals surface area (Å²) in [6.45, 7) is 0. The normalized spacial score (nSPS) is 29.5. The van der Waals surface area contributed by atoms with Gasteiger partial charge in [-0.25, -0.2) is 9.69 Å². The number of alkyl halides is 2. The van der Waals surface area contributed by atoms with Gasteiger partial charge in [-0.1, -0.05) is 54.6 Å². The Morgan fingerprint density at radius 2 is 1.19 bits per heavy atom. The van der Waals surface area contributed by atoms with Gasteiger partial charge in [0, 0.05) is 0 Å². The number of amides is 2. The lowest BCUT2D eigenvalue weighted by molar-refractivity contribution is -0.122. The smallest absolute Gasteiger partial charge is 0.335 e. The first-order valence-electron chi connectivity index (χ1n) is 10.1. The van der Waals surface area contributed by atoms with Crippen molar-refractivity contribution in [1.29, 1.82) is 0 Å². The van der Waals surface area contributed by atoms with Gasteiger partial charge in [-0.05, 0) is 40.5 Å². The highest BCUT2D eigenvalue weighted by Gasteiger charge is 2.73. The Hall–Kier alpha value is -3.15. The maximum atomic E-state index is 13.8. The minimum Gasteiger partial charge on any atom is -0.478 e. The zero-order chi connectivity index (χ0) is 22.4. The van der Waals surface area contributed by atoms with Crippen molar-refractivity contribution in [3.8, 4) is 0 Å². The Labute approximate surface area is 193 Å². The summed E-state index contributed by atoms with van der Waals surface area (Å²) >= 11 is 14.7. The zero-order valence-electron chi connectivity index (χ0n) is 16.5. The maximum Gasteiger partial charge on any atom is 0.335 e. The molecule has 1 fully saturated rings. The average Bonchev–Trinajstić information content (AvgIpc) is 3.08. The number of imide groups is 1.